The highest BCUT2D eigenvalue weighted by Crippen LogP contribution is 2.29. The Labute approximate surface area is 169 Å². The standard InChI is InChI=1S/C22H25ClN2O3/c1-22(2,11-10-14-4-3-5-15(23)12-14)24-13-19(27)16-6-8-18(26)21-17(16)7-9-20(28)25-21/h3-9,12,19,24,26-27H,10-11,13H2,1-2H3,(H,25,28). The summed E-state index contributed by atoms with van der Waals surface area (Å²) in [5.41, 5.74) is 1.68. The Balaban J connectivity index is 1.67. The molecule has 0 amide bonds. The highest BCUT2D eigenvalue weighted by atomic mass is 35.5. The van der Waals surface area contributed by atoms with Crippen molar-refractivity contribution in [3.63, 3.8) is 0 Å². The largest absolute Gasteiger partial charge is 0.506 e. The maximum Gasteiger partial charge on any atom is 0.248 e. The summed E-state index contributed by atoms with van der Waals surface area (Å²) in [7, 11) is 0. The van der Waals surface area contributed by atoms with Crippen molar-refractivity contribution in [3.8, 4) is 5.75 Å². The summed E-state index contributed by atoms with van der Waals surface area (Å²) < 4.78 is 0. The molecule has 0 fully saturated rings. The van der Waals surface area contributed by atoms with Crippen LogP contribution in [0.2, 0.25) is 5.02 Å². The lowest BCUT2D eigenvalue weighted by Gasteiger charge is -2.28. The van der Waals surface area contributed by atoms with Crippen LogP contribution >= 0.6 is 11.6 Å². The Morgan fingerprint density at radius 3 is 2.71 bits per heavy atom. The molecular weight excluding hydrogens is 376 g/mol. The molecule has 1 heterocycles. The number of benzene rings is 2. The third kappa shape index (κ3) is 4.93. The van der Waals surface area contributed by atoms with Crippen molar-refractivity contribution < 1.29 is 10.2 Å². The first-order chi connectivity index (χ1) is 13.2. The number of aliphatic hydroxyl groups is 1. The molecule has 0 radical (unpaired) electrons. The molecule has 0 spiro atoms. The Hall–Kier alpha value is -2.34. The molecule has 3 rings (SSSR count). The molecule has 3 aromatic rings. The van der Waals surface area contributed by atoms with Crippen molar-refractivity contribution in [1.82, 2.24) is 10.3 Å². The quantitative estimate of drug-likeness (QED) is 0.484. The zero-order valence-corrected chi connectivity index (χ0v) is 16.8. The van der Waals surface area contributed by atoms with E-state index in [0.29, 0.717) is 23.0 Å². The van der Waals surface area contributed by atoms with Crippen molar-refractivity contribution >= 4 is 22.5 Å². The van der Waals surface area contributed by atoms with Crippen molar-refractivity contribution in [3.05, 3.63) is 75.0 Å². The fourth-order valence-electron chi connectivity index (χ4n) is 3.27. The molecule has 1 atom stereocenters. The van der Waals surface area contributed by atoms with Gasteiger partial charge in [-0.15, -0.1) is 0 Å². The van der Waals surface area contributed by atoms with Crippen LogP contribution in [0.3, 0.4) is 0 Å². The van der Waals surface area contributed by atoms with Gasteiger partial charge in [-0.05, 0) is 62.1 Å². The third-order valence-electron chi connectivity index (χ3n) is 4.97. The molecule has 0 saturated carbocycles. The molecule has 0 aliphatic rings. The summed E-state index contributed by atoms with van der Waals surface area (Å²) in [6, 6.07) is 14.0. The fourth-order valence-corrected chi connectivity index (χ4v) is 3.48. The molecule has 5 nitrogen and oxygen atoms in total. The van der Waals surface area contributed by atoms with E-state index in [1.165, 1.54) is 17.7 Å². The molecule has 0 aliphatic heterocycles. The number of hydrogen-bond acceptors (Lipinski definition) is 4. The van der Waals surface area contributed by atoms with Gasteiger partial charge in [0.2, 0.25) is 5.56 Å². The molecule has 2 aromatic carbocycles. The highest BCUT2D eigenvalue weighted by Gasteiger charge is 2.20. The van der Waals surface area contributed by atoms with Crippen LogP contribution in [0.4, 0.5) is 0 Å². The average Bonchev–Trinajstić information content (AvgIpc) is 2.65. The summed E-state index contributed by atoms with van der Waals surface area (Å²) >= 11 is 6.05. The average molecular weight is 401 g/mol. The van der Waals surface area contributed by atoms with Crippen LogP contribution in [0.1, 0.15) is 37.5 Å². The van der Waals surface area contributed by atoms with E-state index in [1.54, 1.807) is 12.1 Å². The van der Waals surface area contributed by atoms with Gasteiger partial charge in [0.1, 0.15) is 5.75 Å². The van der Waals surface area contributed by atoms with Gasteiger partial charge in [0.25, 0.3) is 0 Å². The molecule has 0 saturated heterocycles. The maximum atomic E-state index is 11.5. The molecule has 4 N–H and O–H groups in total. The van der Waals surface area contributed by atoms with Gasteiger partial charge in [-0.3, -0.25) is 4.79 Å². The SMILES string of the molecule is CC(C)(CCc1cccc(Cl)c1)NCC(O)c1ccc(O)c2[nH]c(=O)ccc12. The van der Waals surface area contributed by atoms with Crippen LogP contribution in [-0.4, -0.2) is 27.3 Å². The van der Waals surface area contributed by atoms with Crippen LogP contribution in [0.25, 0.3) is 10.9 Å². The van der Waals surface area contributed by atoms with Crippen LogP contribution in [0.15, 0.2) is 53.3 Å². The lowest BCUT2D eigenvalue weighted by molar-refractivity contribution is 0.160. The molecule has 0 bridgehead atoms. The van der Waals surface area contributed by atoms with Gasteiger partial charge < -0.3 is 20.5 Å². The Morgan fingerprint density at radius 1 is 1.18 bits per heavy atom. The van der Waals surface area contributed by atoms with Gasteiger partial charge in [-0.25, -0.2) is 0 Å². The minimum Gasteiger partial charge on any atom is -0.506 e. The molecule has 1 aromatic heterocycles. The lowest BCUT2D eigenvalue weighted by atomic mass is 9.94. The molecule has 148 valence electrons. The second-order valence-electron chi connectivity index (χ2n) is 7.70. The van der Waals surface area contributed by atoms with E-state index in [2.05, 4.69) is 30.2 Å². The van der Waals surface area contributed by atoms with Gasteiger partial charge in [-0.2, -0.15) is 0 Å². The van der Waals surface area contributed by atoms with E-state index in [1.807, 2.05) is 18.2 Å². The number of aromatic amines is 1. The highest BCUT2D eigenvalue weighted by molar-refractivity contribution is 6.30. The first-order valence-corrected chi connectivity index (χ1v) is 9.65. The number of rotatable bonds is 7. The number of H-pyrrole nitrogens is 1. The summed E-state index contributed by atoms with van der Waals surface area (Å²) in [5, 5.41) is 25.5. The summed E-state index contributed by atoms with van der Waals surface area (Å²) in [4.78, 5) is 14.2. The summed E-state index contributed by atoms with van der Waals surface area (Å²) in [5.74, 6) is -0.0153. The van der Waals surface area contributed by atoms with Crippen molar-refractivity contribution in [1.29, 1.82) is 0 Å². The number of aliphatic hydroxyl groups excluding tert-OH is 1. The van der Waals surface area contributed by atoms with Gasteiger partial charge in [-0.1, -0.05) is 29.8 Å². The van der Waals surface area contributed by atoms with E-state index in [0.717, 1.165) is 17.9 Å². The molecule has 28 heavy (non-hydrogen) atoms. The van der Waals surface area contributed by atoms with E-state index in [4.69, 9.17) is 11.6 Å². The smallest absolute Gasteiger partial charge is 0.248 e. The number of aromatic hydroxyl groups is 1. The second-order valence-corrected chi connectivity index (χ2v) is 8.13. The summed E-state index contributed by atoms with van der Waals surface area (Å²) in [6.45, 7) is 4.54. The normalized spacial score (nSPS) is 13.0. The van der Waals surface area contributed by atoms with Crippen LogP contribution in [-0.2, 0) is 6.42 Å². The zero-order valence-electron chi connectivity index (χ0n) is 16.0. The number of phenolic OH excluding ortho intramolecular Hbond substituents is 1. The number of fused-ring (bicyclic) bond motifs is 1. The van der Waals surface area contributed by atoms with Crippen molar-refractivity contribution in [2.75, 3.05) is 6.54 Å². The number of aromatic nitrogens is 1. The number of halogens is 1. The first kappa shape index (κ1) is 20.4. The number of aryl methyl sites for hydroxylation is 1. The summed E-state index contributed by atoms with van der Waals surface area (Å²) in [6.07, 6.45) is 0.975. The van der Waals surface area contributed by atoms with Gasteiger partial charge >= 0.3 is 0 Å². The van der Waals surface area contributed by atoms with Gasteiger partial charge in [0.05, 0.1) is 11.6 Å². The Bertz CT molecular complexity index is 1030. The Morgan fingerprint density at radius 2 is 1.96 bits per heavy atom. The van der Waals surface area contributed by atoms with Crippen LogP contribution in [0.5, 0.6) is 5.75 Å². The lowest BCUT2D eigenvalue weighted by Crippen LogP contribution is -2.42. The van der Waals surface area contributed by atoms with Crippen molar-refractivity contribution in [2.24, 2.45) is 0 Å². The molecular formula is C22H25ClN2O3. The van der Waals surface area contributed by atoms with E-state index in [-0.39, 0.29) is 16.8 Å². The Kier molecular flexibility index (Phi) is 6.08. The van der Waals surface area contributed by atoms with Gasteiger partial charge in [0.15, 0.2) is 0 Å². The predicted molar refractivity (Wildman–Crippen MR) is 113 cm³/mol. The number of phenols is 1. The number of hydrogen-bond donors (Lipinski definition) is 4. The molecule has 0 aliphatic carbocycles. The minimum atomic E-state index is -0.778. The minimum absolute atomic E-state index is 0.0153. The van der Waals surface area contributed by atoms with E-state index in [9.17, 15) is 15.0 Å². The number of pyridine rings is 1. The van der Waals surface area contributed by atoms with Crippen molar-refractivity contribution in [2.45, 2.75) is 38.3 Å². The van der Waals surface area contributed by atoms with E-state index >= 15 is 0 Å². The number of β-amino-alcohol motifs (C(OH)–C–C–N with tert-alkyl or cyclic N) is 1. The van der Waals surface area contributed by atoms with Crippen LogP contribution < -0.4 is 10.9 Å². The molecule has 6 heteroatoms. The maximum absolute atomic E-state index is 11.5. The monoisotopic (exact) mass is 400 g/mol. The van der Waals surface area contributed by atoms with Gasteiger partial charge in [0, 0.05) is 28.6 Å². The predicted octanol–water partition coefficient (Wildman–Crippen LogP) is 3.92. The third-order valence-corrected chi connectivity index (χ3v) is 5.20. The van der Waals surface area contributed by atoms with E-state index < -0.39 is 6.10 Å². The molecule has 1 unspecified atom stereocenters. The topological polar surface area (TPSA) is 85.3 Å². The number of nitrogens with one attached hydrogen (secondary N) is 2. The fraction of sp³-hybridized carbons (Fsp3) is 0.318. The second kappa shape index (κ2) is 8.35. The first-order valence-electron chi connectivity index (χ1n) is 9.28. The zero-order chi connectivity index (χ0) is 20.3. The van der Waals surface area contributed by atoms with Crippen LogP contribution in [0, 0.1) is 0 Å².